The number of hydrogen-bond donors (Lipinski definition) is 0. The fraction of sp³-hybridized carbons (Fsp3) is 0.438. The number of ether oxygens (including phenoxy) is 3. The number of carbonyl (C=O) groups is 1. The van der Waals surface area contributed by atoms with Gasteiger partial charge in [-0.05, 0) is 18.6 Å². The molecule has 23 heavy (non-hydrogen) atoms. The standard InChI is InChI=1S/C16H17N3O4/c1-21-16(20)10-6-7-14-17-18-15(19(14)8-10)13-9-22-11-4-2-3-5-12(11)23-13/h2-5,10,13H,6-9H2,1H3. The van der Waals surface area contributed by atoms with Gasteiger partial charge in [-0.3, -0.25) is 4.79 Å². The molecule has 7 heteroatoms. The SMILES string of the molecule is COC(=O)C1CCc2nnc(C3COc4ccccc4O3)n2C1. The minimum Gasteiger partial charge on any atom is -0.485 e. The Bertz CT molecular complexity index is 743. The van der Waals surface area contributed by atoms with E-state index in [2.05, 4.69) is 10.2 Å². The van der Waals surface area contributed by atoms with Crippen LogP contribution < -0.4 is 9.47 Å². The van der Waals surface area contributed by atoms with Crippen LogP contribution in [0, 0.1) is 5.92 Å². The van der Waals surface area contributed by atoms with Gasteiger partial charge in [0.15, 0.2) is 23.4 Å². The molecular weight excluding hydrogens is 298 g/mol. The lowest BCUT2D eigenvalue weighted by Crippen LogP contribution is -2.31. The van der Waals surface area contributed by atoms with Crippen molar-refractivity contribution in [2.45, 2.75) is 25.5 Å². The van der Waals surface area contributed by atoms with Gasteiger partial charge >= 0.3 is 5.97 Å². The minimum atomic E-state index is -0.331. The summed E-state index contributed by atoms with van der Waals surface area (Å²) in [5.41, 5.74) is 0. The third kappa shape index (κ3) is 2.42. The molecule has 2 unspecified atom stereocenters. The highest BCUT2D eigenvalue weighted by atomic mass is 16.6. The van der Waals surface area contributed by atoms with E-state index in [1.807, 2.05) is 28.8 Å². The molecule has 0 spiro atoms. The van der Waals surface area contributed by atoms with E-state index in [1.165, 1.54) is 7.11 Å². The number of aromatic nitrogens is 3. The molecule has 2 aromatic rings. The Morgan fingerprint density at radius 3 is 2.96 bits per heavy atom. The molecule has 0 radical (unpaired) electrons. The molecule has 120 valence electrons. The van der Waals surface area contributed by atoms with Gasteiger partial charge in [0.05, 0.1) is 13.0 Å². The molecule has 0 saturated carbocycles. The highest BCUT2D eigenvalue weighted by molar-refractivity contribution is 5.72. The molecule has 2 atom stereocenters. The number of aryl methyl sites for hydroxylation is 1. The Kier molecular flexibility index (Phi) is 3.40. The summed E-state index contributed by atoms with van der Waals surface area (Å²) in [6.07, 6.45) is 1.11. The third-order valence-electron chi connectivity index (χ3n) is 4.31. The lowest BCUT2D eigenvalue weighted by Gasteiger charge is -2.28. The zero-order valence-electron chi connectivity index (χ0n) is 12.8. The minimum absolute atomic E-state index is 0.168. The van der Waals surface area contributed by atoms with Crippen molar-refractivity contribution in [2.24, 2.45) is 5.92 Å². The van der Waals surface area contributed by atoms with Gasteiger partial charge < -0.3 is 18.8 Å². The fourth-order valence-electron chi connectivity index (χ4n) is 3.09. The molecule has 1 aromatic carbocycles. The maximum atomic E-state index is 11.8. The largest absolute Gasteiger partial charge is 0.485 e. The van der Waals surface area contributed by atoms with E-state index in [0.717, 1.165) is 18.0 Å². The number of hydrogen-bond acceptors (Lipinski definition) is 6. The second-order valence-electron chi connectivity index (χ2n) is 5.71. The topological polar surface area (TPSA) is 75.5 Å². The van der Waals surface area contributed by atoms with Crippen LogP contribution in [0.5, 0.6) is 11.5 Å². The van der Waals surface area contributed by atoms with Gasteiger partial charge in [0.25, 0.3) is 0 Å². The summed E-state index contributed by atoms with van der Waals surface area (Å²) in [5, 5.41) is 8.50. The van der Waals surface area contributed by atoms with Gasteiger partial charge in [-0.25, -0.2) is 0 Å². The molecule has 0 saturated heterocycles. The first-order valence-corrected chi connectivity index (χ1v) is 7.64. The first kappa shape index (κ1) is 14.0. The maximum absolute atomic E-state index is 11.8. The summed E-state index contributed by atoms with van der Waals surface area (Å²) < 4.78 is 18.6. The van der Waals surface area contributed by atoms with E-state index in [9.17, 15) is 4.79 Å². The Morgan fingerprint density at radius 1 is 1.30 bits per heavy atom. The van der Waals surface area contributed by atoms with E-state index >= 15 is 0 Å². The van der Waals surface area contributed by atoms with Crippen molar-refractivity contribution in [3.63, 3.8) is 0 Å². The number of nitrogens with zero attached hydrogens (tertiary/aromatic N) is 3. The summed E-state index contributed by atoms with van der Waals surface area (Å²) in [5.74, 6) is 2.64. The van der Waals surface area contributed by atoms with Crippen LogP contribution in [0.4, 0.5) is 0 Å². The molecule has 0 fully saturated rings. The van der Waals surface area contributed by atoms with Crippen molar-refractivity contribution in [2.75, 3.05) is 13.7 Å². The third-order valence-corrected chi connectivity index (χ3v) is 4.31. The molecular formula is C16H17N3O4. The molecule has 0 amide bonds. The predicted octanol–water partition coefficient (Wildman–Crippen LogP) is 1.53. The highest BCUT2D eigenvalue weighted by Gasteiger charge is 2.33. The molecule has 0 bridgehead atoms. The summed E-state index contributed by atoms with van der Waals surface area (Å²) >= 11 is 0. The second kappa shape index (κ2) is 5.57. The molecule has 4 rings (SSSR count). The van der Waals surface area contributed by atoms with Gasteiger partial charge in [0.1, 0.15) is 12.4 Å². The van der Waals surface area contributed by atoms with E-state index in [0.29, 0.717) is 31.1 Å². The van der Waals surface area contributed by atoms with E-state index in [1.54, 1.807) is 0 Å². The van der Waals surface area contributed by atoms with Crippen LogP contribution in [0.15, 0.2) is 24.3 Å². The average molecular weight is 315 g/mol. The molecule has 1 aromatic heterocycles. The molecule has 0 N–H and O–H groups in total. The average Bonchev–Trinajstić information content (AvgIpc) is 3.03. The van der Waals surface area contributed by atoms with E-state index in [4.69, 9.17) is 14.2 Å². The monoisotopic (exact) mass is 315 g/mol. The predicted molar refractivity (Wildman–Crippen MR) is 79.2 cm³/mol. The van der Waals surface area contributed by atoms with Gasteiger partial charge in [-0.15, -0.1) is 10.2 Å². The van der Waals surface area contributed by atoms with Gasteiger partial charge in [0.2, 0.25) is 0 Å². The number of carbonyl (C=O) groups excluding carboxylic acids is 1. The van der Waals surface area contributed by atoms with E-state index in [-0.39, 0.29) is 18.0 Å². The number of rotatable bonds is 2. The summed E-state index contributed by atoms with van der Waals surface area (Å²) in [6.45, 7) is 0.893. The van der Waals surface area contributed by atoms with Crippen molar-refractivity contribution in [3.05, 3.63) is 35.9 Å². The fourth-order valence-corrected chi connectivity index (χ4v) is 3.09. The van der Waals surface area contributed by atoms with Crippen LogP contribution in [0.1, 0.15) is 24.2 Å². The van der Waals surface area contributed by atoms with Crippen molar-refractivity contribution in [3.8, 4) is 11.5 Å². The lowest BCUT2D eigenvalue weighted by molar-refractivity contribution is -0.146. The number of fused-ring (bicyclic) bond motifs is 2. The summed E-state index contributed by atoms with van der Waals surface area (Å²) in [4.78, 5) is 11.8. The Hall–Kier alpha value is -2.57. The zero-order valence-corrected chi connectivity index (χ0v) is 12.8. The molecule has 2 aliphatic rings. The Labute approximate surface area is 133 Å². The lowest BCUT2D eigenvalue weighted by atomic mass is 9.99. The summed E-state index contributed by atoms with van der Waals surface area (Å²) in [7, 11) is 1.42. The molecule has 2 aliphatic heterocycles. The van der Waals surface area contributed by atoms with Crippen LogP contribution >= 0.6 is 0 Å². The first-order chi connectivity index (χ1) is 11.3. The van der Waals surface area contributed by atoms with E-state index < -0.39 is 0 Å². The summed E-state index contributed by atoms with van der Waals surface area (Å²) in [6, 6.07) is 7.55. The molecule has 0 aliphatic carbocycles. The van der Waals surface area contributed by atoms with Gasteiger partial charge in [-0.1, -0.05) is 12.1 Å². The smallest absolute Gasteiger partial charge is 0.310 e. The maximum Gasteiger partial charge on any atom is 0.310 e. The second-order valence-corrected chi connectivity index (χ2v) is 5.71. The number of para-hydroxylation sites is 2. The molecule has 7 nitrogen and oxygen atoms in total. The van der Waals surface area contributed by atoms with Gasteiger partial charge in [-0.2, -0.15) is 0 Å². The highest BCUT2D eigenvalue weighted by Crippen LogP contribution is 2.36. The first-order valence-electron chi connectivity index (χ1n) is 7.64. The molecule has 3 heterocycles. The van der Waals surface area contributed by atoms with Crippen molar-refractivity contribution >= 4 is 5.97 Å². The zero-order chi connectivity index (χ0) is 15.8. The number of esters is 1. The van der Waals surface area contributed by atoms with Crippen LogP contribution in [0.2, 0.25) is 0 Å². The van der Waals surface area contributed by atoms with Crippen LogP contribution in [0.25, 0.3) is 0 Å². The normalized spacial score (nSPS) is 22.3. The van der Waals surface area contributed by atoms with Crippen LogP contribution in [-0.2, 0) is 22.5 Å². The van der Waals surface area contributed by atoms with Crippen molar-refractivity contribution in [1.82, 2.24) is 14.8 Å². The van der Waals surface area contributed by atoms with Crippen molar-refractivity contribution < 1.29 is 19.0 Å². The Balaban J connectivity index is 1.60. The quantitative estimate of drug-likeness (QED) is 0.782. The van der Waals surface area contributed by atoms with Gasteiger partial charge in [0, 0.05) is 13.0 Å². The van der Waals surface area contributed by atoms with Crippen LogP contribution in [0.3, 0.4) is 0 Å². The van der Waals surface area contributed by atoms with Crippen molar-refractivity contribution in [1.29, 1.82) is 0 Å². The Morgan fingerprint density at radius 2 is 2.13 bits per heavy atom. The number of methoxy groups -OCH3 is 1. The number of benzene rings is 1. The van der Waals surface area contributed by atoms with Crippen LogP contribution in [-0.4, -0.2) is 34.5 Å².